The molecule has 2 N–H and O–H groups in total. The van der Waals surface area contributed by atoms with E-state index in [1.54, 1.807) is 0 Å². The average molecular weight is 966 g/mol. The molecule has 3 aromatic heterocycles. The summed E-state index contributed by atoms with van der Waals surface area (Å²) in [6.45, 7) is 17.0. The van der Waals surface area contributed by atoms with E-state index in [4.69, 9.17) is 48.9 Å². The number of nitrogens with one attached hydrogen (secondary N) is 2. The first-order valence-electron chi connectivity index (χ1n) is 23.2. The van der Waals surface area contributed by atoms with Crippen LogP contribution in [0.5, 0.6) is 23.0 Å². The zero-order valence-electron chi connectivity index (χ0n) is 38.5. The van der Waals surface area contributed by atoms with Gasteiger partial charge in [0, 0.05) is 53.4 Å². The number of ether oxygens (including phenoxy) is 4. The smallest absolute Gasteiger partial charge is 0.208 e. The van der Waals surface area contributed by atoms with E-state index in [0.717, 1.165) is 84.4 Å². The number of H-pyrrole nitrogens is 2. The monoisotopic (exact) mass is 964 g/mol. The second kappa shape index (κ2) is 19.7. The molecule has 4 unspecified atom stereocenters. The molecule has 8 bridgehead atoms. The second-order valence-electron chi connectivity index (χ2n) is 17.2. The Bertz CT molecular complexity index is 2820. The van der Waals surface area contributed by atoms with E-state index in [0.29, 0.717) is 79.7 Å². The van der Waals surface area contributed by atoms with Crippen LogP contribution in [0.1, 0.15) is 107 Å². The first-order valence-corrected chi connectivity index (χ1v) is 23.2. The fourth-order valence-electron chi connectivity index (χ4n) is 8.89. The van der Waals surface area contributed by atoms with Crippen molar-refractivity contribution in [3.05, 3.63) is 72.8 Å². The zero-order chi connectivity index (χ0) is 44.5. The van der Waals surface area contributed by atoms with Gasteiger partial charge in [-0.2, -0.15) is 0 Å². The van der Waals surface area contributed by atoms with Crippen LogP contribution in [0.3, 0.4) is 0 Å². The Morgan fingerprint density at radius 1 is 0.385 bits per heavy atom. The molecule has 12 nitrogen and oxygen atoms in total. The van der Waals surface area contributed by atoms with Crippen LogP contribution in [0, 0.1) is 0 Å². The summed E-state index contributed by atoms with van der Waals surface area (Å²) in [5, 5.41) is 3.15. The van der Waals surface area contributed by atoms with Crippen molar-refractivity contribution >= 4 is 44.1 Å². The third kappa shape index (κ3) is 8.93. The maximum absolute atomic E-state index is 7.14. The largest absolute Gasteiger partial charge is 0.486 e. The summed E-state index contributed by atoms with van der Waals surface area (Å²) in [5.74, 6) is 4.07. The molecule has 9 rings (SSSR count). The molecular weight excluding hydrogens is 907 g/mol. The fourth-order valence-corrected chi connectivity index (χ4v) is 8.89. The normalized spacial score (nSPS) is 13.7. The van der Waals surface area contributed by atoms with Crippen LogP contribution in [-0.2, 0) is 20.4 Å². The number of aromatic amines is 2. The topological polar surface area (TPSA) is 146 Å². The molecule has 0 saturated heterocycles. The van der Waals surface area contributed by atoms with E-state index >= 15 is 0 Å². The van der Waals surface area contributed by atoms with Gasteiger partial charge in [0.15, 0.2) is 34.8 Å². The molecule has 2 aliphatic rings. The van der Waals surface area contributed by atoms with Crippen LogP contribution in [0.2, 0.25) is 0 Å². The molecule has 0 aliphatic carbocycles. The minimum Gasteiger partial charge on any atom is -0.486 e. The van der Waals surface area contributed by atoms with Crippen molar-refractivity contribution in [3.8, 4) is 68.5 Å². The number of rotatable bonds is 16. The van der Waals surface area contributed by atoms with Crippen molar-refractivity contribution in [2.45, 2.75) is 131 Å². The standard InChI is InChI=1S/C52H58N8O4.Pd/c1-9-19-29(5)61-41-39-40(42(62-30(6)20-10-2)44(64-32(8)22-12-4)43(41)63-31(7)21-11-3)52-59-50-38-28-18-16-26-36(38)48(57-50)55-46-34-24-14-13-23-33(34)45(53-46)54-47-35-25-15-17-27-37(35)49(56-47)58-51(39)60-52;/h13-18,23-32H,9-12,19-22H2,1-8H3,(H2,53,54,55,56,57,58,59,60);. The molecule has 5 heterocycles. The molecular formula is C52H58N8O4Pd. The van der Waals surface area contributed by atoms with Gasteiger partial charge >= 0.3 is 0 Å². The maximum atomic E-state index is 7.14. The number of hydrogen-bond donors (Lipinski definition) is 2. The molecule has 4 aromatic carbocycles. The minimum atomic E-state index is -0.179. The van der Waals surface area contributed by atoms with Gasteiger partial charge in [0.05, 0.1) is 35.2 Å². The molecule has 0 amide bonds. The summed E-state index contributed by atoms with van der Waals surface area (Å²) in [6, 6.07) is 24.2. The first kappa shape index (κ1) is 45.7. The molecule has 7 aromatic rings. The number of nitrogens with zero attached hydrogens (tertiary/aromatic N) is 6. The molecule has 0 saturated carbocycles. The predicted octanol–water partition coefficient (Wildman–Crippen LogP) is 13.1. The SMILES string of the molecule is CCCC(C)Oc1c(OC(C)CCC)c(OC(C)CCC)c2c3nc4nc(nc5[nH]c(nc6nc(nc([nH]3)c2c1OC(C)CCC)-c1ccccc1-6)c1ccccc51)-c1ccccc1-4.[Pd]. The fraction of sp³-hybridized carbons (Fsp3) is 0.385. The Morgan fingerprint density at radius 2 is 0.662 bits per heavy atom. The van der Waals surface area contributed by atoms with Gasteiger partial charge in [-0.1, -0.05) is 126 Å². The van der Waals surface area contributed by atoms with Gasteiger partial charge < -0.3 is 28.9 Å². The van der Waals surface area contributed by atoms with Gasteiger partial charge in [-0.15, -0.1) is 0 Å². The van der Waals surface area contributed by atoms with Gasteiger partial charge in [-0.05, 0) is 53.4 Å². The van der Waals surface area contributed by atoms with Crippen molar-refractivity contribution < 1.29 is 39.4 Å². The summed E-state index contributed by atoms with van der Waals surface area (Å²) in [7, 11) is 0. The maximum Gasteiger partial charge on any atom is 0.208 e. The second-order valence-corrected chi connectivity index (χ2v) is 17.2. The molecule has 4 atom stereocenters. The first-order chi connectivity index (χ1) is 31.2. The molecule has 13 heteroatoms. The van der Waals surface area contributed by atoms with Crippen LogP contribution in [0.4, 0.5) is 0 Å². The molecule has 0 spiro atoms. The van der Waals surface area contributed by atoms with E-state index in [-0.39, 0.29) is 44.8 Å². The van der Waals surface area contributed by atoms with Gasteiger partial charge in [-0.3, -0.25) is 0 Å². The molecule has 340 valence electrons. The van der Waals surface area contributed by atoms with E-state index in [1.807, 2.05) is 72.8 Å². The Kier molecular flexibility index (Phi) is 13.8. The number of aromatic nitrogens is 8. The average Bonchev–Trinajstić information content (AvgIpc) is 4.02. The van der Waals surface area contributed by atoms with E-state index in [1.165, 1.54) is 0 Å². The summed E-state index contributed by atoms with van der Waals surface area (Å²) < 4.78 is 28.4. The van der Waals surface area contributed by atoms with Crippen molar-refractivity contribution in [3.63, 3.8) is 0 Å². The van der Waals surface area contributed by atoms with Crippen LogP contribution in [0.15, 0.2) is 72.8 Å². The van der Waals surface area contributed by atoms with Crippen molar-refractivity contribution in [1.82, 2.24) is 39.9 Å². The van der Waals surface area contributed by atoms with Crippen LogP contribution in [0.25, 0.3) is 89.7 Å². The third-order valence-electron chi connectivity index (χ3n) is 11.9. The van der Waals surface area contributed by atoms with Gasteiger partial charge in [0.2, 0.25) is 11.5 Å². The number of benzene rings is 4. The third-order valence-corrected chi connectivity index (χ3v) is 11.9. The van der Waals surface area contributed by atoms with Crippen molar-refractivity contribution in [2.24, 2.45) is 0 Å². The summed E-state index contributed by atoms with van der Waals surface area (Å²) >= 11 is 0. The summed E-state index contributed by atoms with van der Waals surface area (Å²) in [5.41, 5.74) is 5.66. The van der Waals surface area contributed by atoms with Crippen LogP contribution < -0.4 is 18.9 Å². The van der Waals surface area contributed by atoms with Crippen molar-refractivity contribution in [2.75, 3.05) is 0 Å². The van der Waals surface area contributed by atoms with Crippen molar-refractivity contribution in [1.29, 1.82) is 0 Å². The van der Waals surface area contributed by atoms with Crippen LogP contribution >= 0.6 is 0 Å². The molecule has 2 aliphatic heterocycles. The summed E-state index contributed by atoms with van der Waals surface area (Å²) in [4.78, 5) is 38.8. The predicted molar refractivity (Wildman–Crippen MR) is 256 cm³/mol. The number of fused-ring (bicyclic) bond motifs is 20. The zero-order valence-corrected chi connectivity index (χ0v) is 40.1. The Morgan fingerprint density at radius 3 is 0.985 bits per heavy atom. The van der Waals surface area contributed by atoms with Crippen LogP contribution in [-0.4, -0.2) is 64.3 Å². The van der Waals surface area contributed by atoms with E-state index in [9.17, 15) is 0 Å². The minimum absolute atomic E-state index is 0. The van der Waals surface area contributed by atoms with Gasteiger partial charge in [-0.25, -0.2) is 29.9 Å². The molecule has 65 heavy (non-hydrogen) atoms. The molecule has 0 radical (unpaired) electrons. The Hall–Kier alpha value is -5.90. The van der Waals surface area contributed by atoms with Gasteiger partial charge in [0.25, 0.3) is 0 Å². The quantitative estimate of drug-likeness (QED) is 0.0897. The Balaban J connectivity index is 0.00000576. The molecule has 0 fully saturated rings. The van der Waals surface area contributed by atoms with E-state index in [2.05, 4.69) is 65.4 Å². The summed E-state index contributed by atoms with van der Waals surface area (Å²) in [6.07, 6.45) is 6.36. The Labute approximate surface area is 394 Å². The van der Waals surface area contributed by atoms with Gasteiger partial charge in [0.1, 0.15) is 22.6 Å². The number of hydrogen-bond acceptors (Lipinski definition) is 10. The van der Waals surface area contributed by atoms with E-state index < -0.39 is 0 Å².